The minimum absolute atomic E-state index is 0.105. The number of rotatable bonds is 6. The lowest BCUT2D eigenvalue weighted by Gasteiger charge is -2.11. The van der Waals surface area contributed by atoms with Crippen molar-refractivity contribution in [1.29, 1.82) is 0 Å². The van der Waals surface area contributed by atoms with E-state index in [1.54, 1.807) is 0 Å². The molecule has 0 aromatic heterocycles. The third-order valence-corrected chi connectivity index (χ3v) is 3.25. The molecule has 0 bridgehead atoms. The van der Waals surface area contributed by atoms with Crippen LogP contribution in [0.25, 0.3) is 0 Å². The van der Waals surface area contributed by atoms with Crippen molar-refractivity contribution in [2.24, 2.45) is 17.6 Å². The second-order valence-corrected chi connectivity index (χ2v) is 4.78. The fraction of sp³-hybridized carbons (Fsp3) is 0.500. The molecule has 0 heterocycles. The van der Waals surface area contributed by atoms with Gasteiger partial charge in [0.25, 0.3) is 0 Å². The average Bonchev–Trinajstić information content (AvgIpc) is 3.21. The Morgan fingerprint density at radius 2 is 2.11 bits per heavy atom. The molecule has 0 aliphatic heterocycles. The van der Waals surface area contributed by atoms with Gasteiger partial charge in [-0.3, -0.25) is 4.79 Å². The Balaban J connectivity index is 1.87. The van der Waals surface area contributed by atoms with Crippen LogP contribution in [0, 0.1) is 11.8 Å². The fourth-order valence-electron chi connectivity index (χ4n) is 1.88. The van der Waals surface area contributed by atoms with Crippen LogP contribution in [0.3, 0.4) is 0 Å². The third kappa shape index (κ3) is 3.47. The molecule has 1 atom stereocenters. The largest absolute Gasteiger partial charge is 0.492 e. The number of hydrogen-bond donors (Lipinski definition) is 2. The summed E-state index contributed by atoms with van der Waals surface area (Å²) in [6.07, 6.45) is 2.36. The molecule has 18 heavy (non-hydrogen) atoms. The minimum atomic E-state index is 0.105. The zero-order valence-electron chi connectivity index (χ0n) is 10.7. The number of nitrogens with two attached hydrogens (primary N) is 1. The summed E-state index contributed by atoms with van der Waals surface area (Å²) >= 11 is 0. The van der Waals surface area contributed by atoms with Crippen molar-refractivity contribution < 1.29 is 9.53 Å². The van der Waals surface area contributed by atoms with Crippen LogP contribution in [0.15, 0.2) is 24.3 Å². The number of ether oxygens (including phenoxy) is 1. The first-order valence-corrected chi connectivity index (χ1v) is 6.44. The molecule has 1 aliphatic rings. The van der Waals surface area contributed by atoms with Crippen LogP contribution in [0.4, 0.5) is 5.69 Å². The Morgan fingerprint density at radius 3 is 2.67 bits per heavy atom. The van der Waals surface area contributed by atoms with Crippen LogP contribution in [0.1, 0.15) is 19.8 Å². The van der Waals surface area contributed by atoms with Gasteiger partial charge in [0.05, 0.1) is 0 Å². The first kappa shape index (κ1) is 12.9. The van der Waals surface area contributed by atoms with Gasteiger partial charge in [0.15, 0.2) is 0 Å². The summed E-state index contributed by atoms with van der Waals surface area (Å²) in [5.41, 5.74) is 6.17. The molecule has 0 radical (unpaired) electrons. The number of carbonyl (C=O) groups is 1. The van der Waals surface area contributed by atoms with E-state index in [2.05, 4.69) is 5.32 Å². The highest BCUT2D eigenvalue weighted by Gasteiger charge is 2.32. The van der Waals surface area contributed by atoms with Gasteiger partial charge in [-0.15, -0.1) is 0 Å². The predicted octanol–water partition coefficient (Wildman–Crippen LogP) is 2.01. The summed E-state index contributed by atoms with van der Waals surface area (Å²) in [7, 11) is 0. The van der Waals surface area contributed by atoms with Crippen molar-refractivity contribution >= 4 is 11.6 Å². The zero-order chi connectivity index (χ0) is 13.0. The van der Waals surface area contributed by atoms with Crippen LogP contribution in [-0.2, 0) is 4.79 Å². The number of amides is 1. The van der Waals surface area contributed by atoms with Gasteiger partial charge < -0.3 is 15.8 Å². The van der Waals surface area contributed by atoms with Gasteiger partial charge >= 0.3 is 0 Å². The van der Waals surface area contributed by atoms with Crippen LogP contribution in [0.2, 0.25) is 0 Å². The maximum atomic E-state index is 11.9. The second-order valence-electron chi connectivity index (χ2n) is 4.78. The van der Waals surface area contributed by atoms with E-state index in [0.29, 0.717) is 19.1 Å². The van der Waals surface area contributed by atoms with Gasteiger partial charge in [-0.25, -0.2) is 0 Å². The molecular formula is C14H20N2O2. The van der Waals surface area contributed by atoms with Crippen LogP contribution in [0.5, 0.6) is 5.75 Å². The van der Waals surface area contributed by atoms with Gasteiger partial charge in [-0.1, -0.05) is 6.92 Å². The van der Waals surface area contributed by atoms with E-state index in [9.17, 15) is 4.79 Å². The van der Waals surface area contributed by atoms with Gasteiger partial charge in [0.2, 0.25) is 5.91 Å². The molecule has 1 amide bonds. The minimum Gasteiger partial charge on any atom is -0.492 e. The SMILES string of the molecule is CC(C(=O)Nc1ccc(OCCN)cc1)C1CC1. The number of benzene rings is 1. The summed E-state index contributed by atoms with van der Waals surface area (Å²) < 4.78 is 5.37. The molecule has 1 saturated carbocycles. The quantitative estimate of drug-likeness (QED) is 0.809. The second kappa shape index (κ2) is 5.87. The first-order valence-electron chi connectivity index (χ1n) is 6.44. The Labute approximate surface area is 108 Å². The van der Waals surface area contributed by atoms with E-state index in [4.69, 9.17) is 10.5 Å². The molecule has 0 saturated heterocycles. The van der Waals surface area contributed by atoms with Crippen molar-refractivity contribution in [3.05, 3.63) is 24.3 Å². The lowest BCUT2D eigenvalue weighted by atomic mass is 10.1. The van der Waals surface area contributed by atoms with Crippen LogP contribution in [-0.4, -0.2) is 19.1 Å². The van der Waals surface area contributed by atoms with Gasteiger partial charge in [-0.2, -0.15) is 0 Å². The van der Waals surface area contributed by atoms with Crippen molar-refractivity contribution in [2.45, 2.75) is 19.8 Å². The molecule has 98 valence electrons. The van der Waals surface area contributed by atoms with Gasteiger partial charge in [-0.05, 0) is 43.0 Å². The van der Waals surface area contributed by atoms with E-state index >= 15 is 0 Å². The standard InChI is InChI=1S/C14H20N2O2/c1-10(11-2-3-11)14(17)16-12-4-6-13(7-5-12)18-9-8-15/h4-7,10-11H,2-3,8-9,15H2,1H3,(H,16,17). The Kier molecular flexibility index (Phi) is 4.20. The van der Waals surface area contributed by atoms with Crippen molar-refractivity contribution in [3.8, 4) is 5.75 Å². The van der Waals surface area contributed by atoms with Gasteiger partial charge in [0.1, 0.15) is 12.4 Å². The molecule has 1 unspecified atom stereocenters. The normalized spacial score (nSPS) is 16.1. The summed E-state index contributed by atoms with van der Waals surface area (Å²) in [6, 6.07) is 7.38. The summed E-state index contributed by atoms with van der Waals surface area (Å²) in [5, 5.41) is 2.93. The van der Waals surface area contributed by atoms with E-state index in [-0.39, 0.29) is 11.8 Å². The molecule has 2 rings (SSSR count). The molecule has 0 spiro atoms. The smallest absolute Gasteiger partial charge is 0.227 e. The lowest BCUT2D eigenvalue weighted by Crippen LogP contribution is -2.21. The molecule has 4 nitrogen and oxygen atoms in total. The molecule has 3 N–H and O–H groups in total. The molecule has 1 aromatic carbocycles. The van der Waals surface area contributed by atoms with E-state index in [0.717, 1.165) is 11.4 Å². The number of nitrogens with one attached hydrogen (secondary N) is 1. The first-order chi connectivity index (χ1) is 8.70. The summed E-state index contributed by atoms with van der Waals surface area (Å²) in [4.78, 5) is 11.9. The number of hydrogen-bond acceptors (Lipinski definition) is 3. The highest BCUT2D eigenvalue weighted by atomic mass is 16.5. The molecule has 1 aromatic rings. The Bertz CT molecular complexity index is 399. The Morgan fingerprint density at radius 1 is 1.44 bits per heavy atom. The van der Waals surface area contributed by atoms with Crippen molar-refractivity contribution in [3.63, 3.8) is 0 Å². The highest BCUT2D eigenvalue weighted by Crippen LogP contribution is 2.37. The number of carbonyl (C=O) groups excluding carboxylic acids is 1. The maximum Gasteiger partial charge on any atom is 0.227 e. The van der Waals surface area contributed by atoms with Gasteiger partial charge in [0, 0.05) is 18.2 Å². The van der Waals surface area contributed by atoms with Crippen molar-refractivity contribution in [2.75, 3.05) is 18.5 Å². The molecule has 1 fully saturated rings. The Hall–Kier alpha value is -1.55. The number of anilines is 1. The highest BCUT2D eigenvalue weighted by molar-refractivity contribution is 5.92. The van der Waals surface area contributed by atoms with Crippen molar-refractivity contribution in [1.82, 2.24) is 0 Å². The zero-order valence-corrected chi connectivity index (χ0v) is 10.7. The average molecular weight is 248 g/mol. The van der Waals surface area contributed by atoms with Crippen LogP contribution < -0.4 is 15.8 Å². The fourth-order valence-corrected chi connectivity index (χ4v) is 1.88. The topological polar surface area (TPSA) is 64.3 Å². The molecule has 1 aliphatic carbocycles. The monoisotopic (exact) mass is 248 g/mol. The summed E-state index contributed by atoms with van der Waals surface area (Å²) in [6.45, 7) is 2.99. The molecular weight excluding hydrogens is 228 g/mol. The predicted molar refractivity (Wildman–Crippen MR) is 71.5 cm³/mol. The summed E-state index contributed by atoms with van der Waals surface area (Å²) in [5.74, 6) is 1.57. The maximum absolute atomic E-state index is 11.9. The third-order valence-electron chi connectivity index (χ3n) is 3.25. The van der Waals surface area contributed by atoms with E-state index < -0.39 is 0 Å². The van der Waals surface area contributed by atoms with E-state index in [1.807, 2.05) is 31.2 Å². The van der Waals surface area contributed by atoms with E-state index in [1.165, 1.54) is 12.8 Å². The lowest BCUT2D eigenvalue weighted by molar-refractivity contribution is -0.119. The molecule has 4 heteroatoms. The van der Waals surface area contributed by atoms with Crippen LogP contribution >= 0.6 is 0 Å².